The summed E-state index contributed by atoms with van der Waals surface area (Å²) in [5, 5.41) is 9.48. The standard InChI is InChI=1S/C29H25F4N3O6S/c1-2-3-6-16-42-20-12-14-21(15-13-20)43(40,41)36-17-19-8-4-5-11-24(19)35(18-25(36)27(37)34-39)28(38)26-22(29(31,32)33)9-7-10-23(26)30/h4-5,7-15,25,39H,2,16-18H2,1H3,(H,34,37). The van der Waals surface area contributed by atoms with Crippen LogP contribution >= 0.6 is 0 Å². The van der Waals surface area contributed by atoms with Crippen molar-refractivity contribution >= 4 is 27.5 Å². The Kier molecular flexibility index (Phi) is 9.39. The van der Waals surface area contributed by atoms with Crippen molar-refractivity contribution in [2.24, 2.45) is 0 Å². The van der Waals surface area contributed by atoms with Crippen molar-refractivity contribution in [1.82, 2.24) is 9.79 Å². The monoisotopic (exact) mass is 619 g/mol. The molecule has 0 radical (unpaired) electrons. The number of ether oxygens (including phenoxy) is 1. The zero-order valence-electron chi connectivity index (χ0n) is 22.6. The molecule has 226 valence electrons. The van der Waals surface area contributed by atoms with Crippen LogP contribution in [0, 0.1) is 17.7 Å². The summed E-state index contributed by atoms with van der Waals surface area (Å²) in [7, 11) is -4.55. The van der Waals surface area contributed by atoms with Gasteiger partial charge in [0, 0.05) is 18.7 Å². The number of anilines is 1. The van der Waals surface area contributed by atoms with E-state index in [2.05, 4.69) is 11.8 Å². The summed E-state index contributed by atoms with van der Waals surface area (Å²) in [5.41, 5.74) is -1.40. The number of amides is 2. The largest absolute Gasteiger partial charge is 0.481 e. The van der Waals surface area contributed by atoms with E-state index in [0.29, 0.717) is 33.5 Å². The summed E-state index contributed by atoms with van der Waals surface area (Å²) in [6, 6.07) is 11.1. The van der Waals surface area contributed by atoms with E-state index < -0.39 is 64.1 Å². The molecule has 43 heavy (non-hydrogen) atoms. The first-order valence-electron chi connectivity index (χ1n) is 12.8. The Labute approximate surface area is 244 Å². The van der Waals surface area contributed by atoms with Gasteiger partial charge in [-0.15, -0.1) is 5.92 Å². The second-order valence-corrected chi connectivity index (χ2v) is 11.1. The summed E-state index contributed by atoms with van der Waals surface area (Å²) < 4.78 is 90.1. The van der Waals surface area contributed by atoms with E-state index in [1.165, 1.54) is 54.0 Å². The van der Waals surface area contributed by atoms with Crippen LogP contribution in [-0.4, -0.2) is 48.9 Å². The van der Waals surface area contributed by atoms with Crippen molar-refractivity contribution in [3.05, 3.63) is 89.2 Å². The third kappa shape index (κ3) is 6.64. The summed E-state index contributed by atoms with van der Waals surface area (Å²) >= 11 is 0. The average molecular weight is 620 g/mol. The van der Waals surface area contributed by atoms with Crippen LogP contribution in [0.5, 0.6) is 5.75 Å². The highest BCUT2D eigenvalue weighted by Gasteiger charge is 2.44. The lowest BCUT2D eigenvalue weighted by Gasteiger charge is -2.30. The second-order valence-electron chi connectivity index (χ2n) is 9.21. The molecule has 0 bridgehead atoms. The average Bonchev–Trinajstić information content (AvgIpc) is 3.16. The zero-order valence-corrected chi connectivity index (χ0v) is 23.4. The Morgan fingerprint density at radius 2 is 1.74 bits per heavy atom. The summed E-state index contributed by atoms with van der Waals surface area (Å²) in [6.07, 6.45) is -4.47. The molecule has 2 N–H and O–H groups in total. The molecule has 2 amide bonds. The van der Waals surface area contributed by atoms with Crippen molar-refractivity contribution in [3.8, 4) is 17.6 Å². The molecule has 0 aromatic heterocycles. The summed E-state index contributed by atoms with van der Waals surface area (Å²) in [6.45, 7) is 0.565. The molecule has 4 rings (SSSR count). The molecule has 0 spiro atoms. The number of hydroxylamine groups is 1. The number of para-hydroxylation sites is 1. The molecule has 14 heteroatoms. The van der Waals surface area contributed by atoms with Crippen molar-refractivity contribution in [1.29, 1.82) is 0 Å². The lowest BCUT2D eigenvalue weighted by molar-refractivity contribution is -0.138. The van der Waals surface area contributed by atoms with Crippen molar-refractivity contribution in [3.63, 3.8) is 0 Å². The number of nitrogens with zero attached hydrogens (tertiary/aromatic N) is 2. The number of fused-ring (bicyclic) bond motifs is 1. The van der Waals surface area contributed by atoms with Gasteiger partial charge in [-0.05, 0) is 48.0 Å². The molecule has 0 saturated carbocycles. The third-order valence-corrected chi connectivity index (χ3v) is 8.41. The first-order chi connectivity index (χ1) is 20.4. The minimum absolute atomic E-state index is 0.0470. The van der Waals surface area contributed by atoms with Crippen LogP contribution in [0.3, 0.4) is 0 Å². The molecule has 0 fully saturated rings. The molecule has 1 unspecified atom stereocenters. The number of halogens is 4. The Balaban J connectivity index is 1.79. The number of hydrogen-bond acceptors (Lipinski definition) is 6. The number of rotatable bonds is 6. The van der Waals surface area contributed by atoms with E-state index in [4.69, 9.17) is 4.74 Å². The number of sulfonamides is 1. The number of carbonyl (C=O) groups excluding carboxylic acids is 2. The van der Waals surface area contributed by atoms with E-state index in [-0.39, 0.29) is 22.8 Å². The van der Waals surface area contributed by atoms with Crippen LogP contribution < -0.4 is 15.1 Å². The molecule has 0 aliphatic carbocycles. The minimum Gasteiger partial charge on any atom is -0.481 e. The molecule has 0 saturated heterocycles. The molecular formula is C29H25F4N3O6S. The molecule has 1 aliphatic heterocycles. The molecule has 1 heterocycles. The van der Waals surface area contributed by atoms with Gasteiger partial charge >= 0.3 is 6.18 Å². The van der Waals surface area contributed by atoms with Crippen LogP contribution in [0.1, 0.15) is 34.8 Å². The predicted octanol–water partition coefficient (Wildman–Crippen LogP) is 4.36. The van der Waals surface area contributed by atoms with Gasteiger partial charge in [0.2, 0.25) is 10.0 Å². The van der Waals surface area contributed by atoms with Gasteiger partial charge in [-0.25, -0.2) is 18.3 Å². The Bertz CT molecular complexity index is 1680. The molecule has 3 aromatic carbocycles. The lowest BCUT2D eigenvalue weighted by atomic mass is 10.0. The quantitative estimate of drug-likeness (QED) is 0.183. The van der Waals surface area contributed by atoms with E-state index >= 15 is 0 Å². The highest BCUT2D eigenvalue weighted by molar-refractivity contribution is 7.89. The first-order valence-corrected chi connectivity index (χ1v) is 14.2. The van der Waals surface area contributed by atoms with Gasteiger partial charge in [-0.2, -0.15) is 17.5 Å². The highest BCUT2D eigenvalue weighted by Crippen LogP contribution is 2.37. The maximum Gasteiger partial charge on any atom is 0.417 e. The van der Waals surface area contributed by atoms with Crippen molar-refractivity contribution < 1.29 is 45.5 Å². The van der Waals surface area contributed by atoms with Gasteiger partial charge in [0.25, 0.3) is 11.8 Å². The van der Waals surface area contributed by atoms with Crippen LogP contribution in [0.4, 0.5) is 23.2 Å². The SMILES string of the molecule is CCC#CCOc1ccc(S(=O)(=O)N2Cc3ccccc3N(C(=O)c3c(F)cccc3C(F)(F)F)CC2C(=O)NO)cc1. The smallest absolute Gasteiger partial charge is 0.417 e. The van der Waals surface area contributed by atoms with Gasteiger partial charge in [-0.3, -0.25) is 14.8 Å². The maximum absolute atomic E-state index is 14.8. The van der Waals surface area contributed by atoms with Crippen LogP contribution in [0.2, 0.25) is 0 Å². The number of carbonyl (C=O) groups is 2. The van der Waals surface area contributed by atoms with Gasteiger partial charge < -0.3 is 9.64 Å². The van der Waals surface area contributed by atoms with Gasteiger partial charge in [-0.1, -0.05) is 37.1 Å². The Hall–Kier alpha value is -4.45. The topological polar surface area (TPSA) is 116 Å². The van der Waals surface area contributed by atoms with Crippen molar-refractivity contribution in [2.75, 3.05) is 18.1 Å². The van der Waals surface area contributed by atoms with E-state index in [1.54, 1.807) is 0 Å². The summed E-state index contributed by atoms with van der Waals surface area (Å²) in [5.74, 6) is 1.73. The number of alkyl halides is 3. The van der Waals surface area contributed by atoms with E-state index in [0.717, 1.165) is 6.07 Å². The van der Waals surface area contributed by atoms with Crippen LogP contribution in [-0.2, 0) is 27.5 Å². The fraction of sp³-hybridized carbons (Fsp3) is 0.241. The van der Waals surface area contributed by atoms with Gasteiger partial charge in [0.05, 0.1) is 22.6 Å². The fourth-order valence-electron chi connectivity index (χ4n) is 4.53. The third-order valence-electron chi connectivity index (χ3n) is 6.55. The van der Waals surface area contributed by atoms with Crippen LogP contribution in [0.25, 0.3) is 0 Å². The molecular weight excluding hydrogens is 594 g/mol. The summed E-state index contributed by atoms with van der Waals surface area (Å²) in [4.78, 5) is 27.0. The lowest BCUT2D eigenvalue weighted by Crippen LogP contribution is -2.53. The zero-order chi connectivity index (χ0) is 31.4. The number of hydrogen-bond donors (Lipinski definition) is 2. The van der Waals surface area contributed by atoms with Crippen molar-refractivity contribution in [2.45, 2.75) is 37.0 Å². The van der Waals surface area contributed by atoms with E-state index in [9.17, 15) is 40.8 Å². The number of benzene rings is 3. The Morgan fingerprint density at radius 3 is 2.40 bits per heavy atom. The van der Waals surface area contributed by atoms with E-state index in [1.807, 2.05) is 6.92 Å². The molecule has 3 aromatic rings. The molecule has 1 aliphatic rings. The second kappa shape index (κ2) is 12.8. The van der Waals surface area contributed by atoms with Crippen LogP contribution in [0.15, 0.2) is 71.6 Å². The maximum atomic E-state index is 14.8. The first kappa shape index (κ1) is 31.5. The van der Waals surface area contributed by atoms with Gasteiger partial charge in [0.1, 0.15) is 24.2 Å². The highest BCUT2D eigenvalue weighted by atomic mass is 32.2. The molecule has 9 nitrogen and oxygen atoms in total. The predicted molar refractivity (Wildman–Crippen MR) is 146 cm³/mol. The Morgan fingerprint density at radius 1 is 1.05 bits per heavy atom. The van der Waals surface area contributed by atoms with Gasteiger partial charge in [0.15, 0.2) is 0 Å². The molecule has 1 atom stereocenters. The number of nitrogens with one attached hydrogen (secondary N) is 1. The fourth-order valence-corrected chi connectivity index (χ4v) is 6.09. The minimum atomic E-state index is -5.10. The normalized spacial score (nSPS) is 15.5.